The highest BCUT2D eigenvalue weighted by atomic mass is 32.1. The second-order valence-corrected chi connectivity index (χ2v) is 5.68. The third kappa shape index (κ3) is 3.10. The van der Waals surface area contributed by atoms with Gasteiger partial charge in [-0.15, -0.1) is 10.2 Å². The van der Waals surface area contributed by atoms with Crippen molar-refractivity contribution in [3.05, 3.63) is 52.6 Å². The summed E-state index contributed by atoms with van der Waals surface area (Å²) in [5.41, 5.74) is 0.793. The summed E-state index contributed by atoms with van der Waals surface area (Å²) in [6.45, 7) is 0. The van der Waals surface area contributed by atoms with Gasteiger partial charge in [0.25, 0.3) is 5.69 Å². The van der Waals surface area contributed by atoms with E-state index in [0.717, 1.165) is 23.1 Å². The zero-order valence-corrected chi connectivity index (χ0v) is 13.3. The van der Waals surface area contributed by atoms with Crippen molar-refractivity contribution in [2.75, 3.05) is 12.4 Å². The summed E-state index contributed by atoms with van der Waals surface area (Å²) in [6, 6.07) is 11.8. The summed E-state index contributed by atoms with van der Waals surface area (Å²) in [5.74, 6) is -0.177. The fourth-order valence-electron chi connectivity index (χ4n) is 2.07. The van der Waals surface area contributed by atoms with Crippen molar-refractivity contribution >= 4 is 27.8 Å². The van der Waals surface area contributed by atoms with Gasteiger partial charge in [0, 0.05) is 11.8 Å². The van der Waals surface area contributed by atoms with Crippen LogP contribution in [0.4, 0.5) is 16.5 Å². The normalized spacial score (nSPS) is 10.4. The molecule has 0 aliphatic heterocycles. The second kappa shape index (κ2) is 6.50. The first-order valence-electron chi connectivity index (χ1n) is 6.80. The molecule has 8 nitrogen and oxygen atoms in total. The van der Waals surface area contributed by atoms with Crippen molar-refractivity contribution in [2.24, 2.45) is 0 Å². The summed E-state index contributed by atoms with van der Waals surface area (Å²) in [5, 5.41) is 32.9. The van der Waals surface area contributed by atoms with Gasteiger partial charge in [0.05, 0.1) is 23.7 Å². The molecule has 0 unspecified atom stereocenters. The molecule has 3 aromatic rings. The topological polar surface area (TPSA) is 110 Å². The van der Waals surface area contributed by atoms with Crippen LogP contribution < -0.4 is 10.1 Å². The molecule has 0 amide bonds. The minimum Gasteiger partial charge on any atom is -0.504 e. The number of nitrogens with zero attached hydrogens (tertiary/aromatic N) is 3. The molecular formula is C15H12N4O4S. The maximum Gasteiger partial charge on any atom is 0.283 e. The number of para-hydroxylation sites is 1. The molecule has 1 aromatic heterocycles. The maximum atomic E-state index is 11.2. The van der Waals surface area contributed by atoms with E-state index in [0.29, 0.717) is 10.1 Å². The maximum absolute atomic E-state index is 11.2. The molecule has 122 valence electrons. The molecule has 1 heterocycles. The second-order valence-electron chi connectivity index (χ2n) is 4.70. The van der Waals surface area contributed by atoms with Crippen LogP contribution in [0.2, 0.25) is 0 Å². The highest BCUT2D eigenvalue weighted by Gasteiger charge is 2.23. The summed E-state index contributed by atoms with van der Waals surface area (Å²) in [6.07, 6.45) is 0. The van der Waals surface area contributed by atoms with Crippen molar-refractivity contribution in [3.63, 3.8) is 0 Å². The number of hydrogen-bond donors (Lipinski definition) is 2. The van der Waals surface area contributed by atoms with Gasteiger partial charge in [-0.25, -0.2) is 0 Å². The van der Waals surface area contributed by atoms with E-state index < -0.39 is 4.92 Å². The number of hydrogen-bond acceptors (Lipinski definition) is 8. The third-order valence-corrected chi connectivity index (χ3v) is 4.05. The lowest BCUT2D eigenvalue weighted by molar-refractivity contribution is -0.384. The van der Waals surface area contributed by atoms with Crippen LogP contribution >= 0.6 is 11.3 Å². The molecule has 0 spiro atoms. The van der Waals surface area contributed by atoms with Crippen molar-refractivity contribution in [3.8, 4) is 22.1 Å². The minimum absolute atomic E-state index is 0.128. The smallest absolute Gasteiger partial charge is 0.283 e. The van der Waals surface area contributed by atoms with E-state index in [-0.39, 0.29) is 22.7 Å². The molecule has 0 aliphatic carbocycles. The molecule has 3 rings (SSSR count). The van der Waals surface area contributed by atoms with Crippen LogP contribution in [0.25, 0.3) is 10.6 Å². The van der Waals surface area contributed by atoms with Gasteiger partial charge >= 0.3 is 0 Å². The Morgan fingerprint density at radius 1 is 1.25 bits per heavy atom. The van der Waals surface area contributed by atoms with Crippen molar-refractivity contribution in [1.82, 2.24) is 10.2 Å². The van der Waals surface area contributed by atoms with Crippen LogP contribution in [0, 0.1) is 10.1 Å². The molecule has 0 aliphatic rings. The zero-order chi connectivity index (χ0) is 17.1. The Kier molecular flexibility index (Phi) is 4.25. The molecule has 2 N–H and O–H groups in total. The highest BCUT2D eigenvalue weighted by Crippen LogP contribution is 2.41. The summed E-state index contributed by atoms with van der Waals surface area (Å²) < 4.78 is 5.01. The van der Waals surface area contributed by atoms with Crippen LogP contribution in [-0.4, -0.2) is 27.3 Å². The van der Waals surface area contributed by atoms with Gasteiger partial charge in [-0.1, -0.05) is 29.5 Å². The molecule has 2 aromatic carbocycles. The Morgan fingerprint density at radius 2 is 2.00 bits per heavy atom. The molecule has 0 bridgehead atoms. The number of nitro groups is 1. The van der Waals surface area contributed by atoms with Gasteiger partial charge in [0.1, 0.15) is 0 Å². The van der Waals surface area contributed by atoms with E-state index in [4.69, 9.17) is 4.74 Å². The average molecular weight is 344 g/mol. The number of aromatic hydroxyl groups is 1. The van der Waals surface area contributed by atoms with Gasteiger partial charge in [0.2, 0.25) is 5.13 Å². The van der Waals surface area contributed by atoms with E-state index in [1.807, 2.05) is 30.3 Å². The number of phenols is 1. The first-order chi connectivity index (χ1) is 11.6. The molecule has 9 heteroatoms. The summed E-state index contributed by atoms with van der Waals surface area (Å²) in [7, 11) is 1.37. The number of ether oxygens (including phenoxy) is 1. The Bertz CT molecular complexity index is 882. The van der Waals surface area contributed by atoms with Gasteiger partial charge in [-0.2, -0.15) is 0 Å². The van der Waals surface area contributed by atoms with Crippen LogP contribution in [0.15, 0.2) is 42.5 Å². The van der Waals surface area contributed by atoms with Gasteiger partial charge < -0.3 is 15.2 Å². The Labute approximate surface area is 140 Å². The molecule has 0 fully saturated rings. The molecule has 24 heavy (non-hydrogen) atoms. The van der Waals surface area contributed by atoms with E-state index in [2.05, 4.69) is 15.5 Å². The number of phenolic OH excluding ortho intramolecular Hbond substituents is 1. The fourth-order valence-corrected chi connectivity index (χ4v) is 2.86. The van der Waals surface area contributed by atoms with Gasteiger partial charge in [-0.3, -0.25) is 10.1 Å². The average Bonchev–Trinajstić information content (AvgIpc) is 3.03. The van der Waals surface area contributed by atoms with Gasteiger partial charge in [0.15, 0.2) is 16.5 Å². The van der Waals surface area contributed by atoms with Crippen molar-refractivity contribution in [2.45, 2.75) is 0 Å². The quantitative estimate of drug-likeness (QED) is 0.537. The molecule has 0 saturated carbocycles. The van der Waals surface area contributed by atoms with E-state index >= 15 is 0 Å². The summed E-state index contributed by atoms with van der Waals surface area (Å²) >= 11 is 1.16. The van der Waals surface area contributed by atoms with Crippen molar-refractivity contribution in [1.29, 1.82) is 0 Å². The summed E-state index contributed by atoms with van der Waals surface area (Å²) in [4.78, 5) is 10.7. The Morgan fingerprint density at radius 3 is 2.67 bits per heavy atom. The van der Waals surface area contributed by atoms with Crippen molar-refractivity contribution < 1.29 is 14.8 Å². The van der Waals surface area contributed by atoms with Crippen LogP contribution in [0.5, 0.6) is 11.5 Å². The molecule has 0 saturated heterocycles. The lowest BCUT2D eigenvalue weighted by Gasteiger charge is -2.05. The monoisotopic (exact) mass is 344 g/mol. The standard InChI is InChI=1S/C15H12N4O4S/c1-23-13-7-10(11(19(21)22)8-12(13)20)14-17-18-15(24-14)16-9-5-3-2-4-6-9/h2-8,20H,1H3,(H,16,18). The predicted molar refractivity (Wildman–Crippen MR) is 89.9 cm³/mol. The van der Waals surface area contributed by atoms with Crippen LogP contribution in [0.3, 0.4) is 0 Å². The van der Waals surface area contributed by atoms with E-state index in [1.54, 1.807) is 0 Å². The zero-order valence-electron chi connectivity index (χ0n) is 12.5. The first-order valence-corrected chi connectivity index (χ1v) is 7.61. The number of rotatable bonds is 5. The number of nitrogens with one attached hydrogen (secondary N) is 1. The molecular weight excluding hydrogens is 332 g/mol. The van der Waals surface area contributed by atoms with E-state index in [1.165, 1.54) is 13.2 Å². The number of anilines is 2. The molecule has 0 atom stereocenters. The SMILES string of the molecule is COc1cc(-c2nnc(Nc3ccccc3)s2)c([N+](=O)[O-])cc1O. The minimum atomic E-state index is -0.583. The number of aromatic nitrogens is 2. The lowest BCUT2D eigenvalue weighted by atomic mass is 10.1. The Balaban J connectivity index is 1.99. The van der Waals surface area contributed by atoms with Gasteiger partial charge in [-0.05, 0) is 12.1 Å². The largest absolute Gasteiger partial charge is 0.504 e. The lowest BCUT2D eigenvalue weighted by Crippen LogP contribution is -1.94. The fraction of sp³-hybridized carbons (Fsp3) is 0.0667. The third-order valence-electron chi connectivity index (χ3n) is 3.17. The predicted octanol–water partition coefficient (Wildman–Crippen LogP) is 3.57. The first kappa shape index (κ1) is 15.7. The number of methoxy groups -OCH3 is 1. The number of benzene rings is 2. The number of nitro benzene ring substituents is 1. The molecule has 0 radical (unpaired) electrons. The Hall–Kier alpha value is -3.20. The highest BCUT2D eigenvalue weighted by molar-refractivity contribution is 7.18. The van der Waals surface area contributed by atoms with Crippen LogP contribution in [-0.2, 0) is 0 Å². The van der Waals surface area contributed by atoms with E-state index in [9.17, 15) is 15.2 Å². The van der Waals surface area contributed by atoms with Crippen LogP contribution in [0.1, 0.15) is 0 Å².